The number of sulfone groups is 1. The van der Waals surface area contributed by atoms with Crippen molar-refractivity contribution in [2.24, 2.45) is 0 Å². The van der Waals surface area contributed by atoms with E-state index in [0.717, 1.165) is 16.6 Å². The maximum Gasteiger partial charge on any atom is 0.178 e. The van der Waals surface area contributed by atoms with Gasteiger partial charge in [0.2, 0.25) is 0 Å². The van der Waals surface area contributed by atoms with E-state index in [1.165, 1.54) is 18.2 Å². The molecule has 0 heterocycles. The molecule has 0 saturated carbocycles. The minimum Gasteiger partial charge on any atom is -0.395 e. The van der Waals surface area contributed by atoms with E-state index < -0.39 is 15.7 Å². The molecule has 8 heteroatoms. The Labute approximate surface area is 160 Å². The van der Waals surface area contributed by atoms with Crippen LogP contribution >= 0.6 is 15.9 Å². The molecule has 2 rings (SSSR count). The lowest BCUT2D eigenvalue weighted by atomic mass is 10.2. The molecule has 0 aliphatic carbocycles. The number of aliphatic hydroxyl groups excluding tert-OH is 1. The van der Waals surface area contributed by atoms with Crippen LogP contribution in [0.5, 0.6) is 0 Å². The molecule has 2 aromatic carbocycles. The van der Waals surface area contributed by atoms with Crippen LogP contribution in [0.25, 0.3) is 0 Å². The summed E-state index contributed by atoms with van der Waals surface area (Å²) in [6, 6.07) is 9.33. The van der Waals surface area contributed by atoms with Crippen molar-refractivity contribution in [1.82, 2.24) is 4.90 Å². The van der Waals surface area contributed by atoms with Crippen LogP contribution in [0.4, 0.5) is 8.78 Å². The molecule has 4 nitrogen and oxygen atoms in total. The Morgan fingerprint density at radius 1 is 1.04 bits per heavy atom. The van der Waals surface area contributed by atoms with Crippen molar-refractivity contribution >= 4 is 25.8 Å². The van der Waals surface area contributed by atoms with Crippen LogP contribution in [0.2, 0.25) is 0 Å². The van der Waals surface area contributed by atoms with Gasteiger partial charge in [-0.25, -0.2) is 17.2 Å². The van der Waals surface area contributed by atoms with Crippen molar-refractivity contribution in [2.75, 3.05) is 25.4 Å². The second kappa shape index (κ2) is 9.55. The van der Waals surface area contributed by atoms with Crippen LogP contribution in [0.3, 0.4) is 0 Å². The van der Waals surface area contributed by atoms with Crippen LogP contribution in [0.15, 0.2) is 51.8 Å². The third-order valence-corrected chi connectivity index (χ3v) is 6.19. The largest absolute Gasteiger partial charge is 0.395 e. The second-order valence-corrected chi connectivity index (χ2v) is 8.89. The predicted molar refractivity (Wildman–Crippen MR) is 99.5 cm³/mol. The number of halogens is 3. The summed E-state index contributed by atoms with van der Waals surface area (Å²) in [5, 5.41) is 9.20. The quantitative estimate of drug-likeness (QED) is 0.598. The summed E-state index contributed by atoms with van der Waals surface area (Å²) in [5.41, 5.74) is 0.467. The fraction of sp³-hybridized carbons (Fsp3) is 0.333. The standard InChI is InChI=1S/C18H20BrF2NO3S/c19-15-2-7-18(21)14(12-15)13-22(9-10-23)8-1-11-26(24,25)17-5-3-16(20)4-6-17/h2-7,12,23H,1,8-11,13H2. The number of aliphatic hydroxyl groups is 1. The van der Waals surface area contributed by atoms with Crippen molar-refractivity contribution in [3.63, 3.8) is 0 Å². The lowest BCUT2D eigenvalue weighted by Crippen LogP contribution is -2.29. The highest BCUT2D eigenvalue weighted by atomic mass is 79.9. The topological polar surface area (TPSA) is 57.6 Å². The third-order valence-electron chi connectivity index (χ3n) is 3.88. The van der Waals surface area contributed by atoms with Gasteiger partial charge in [-0.05, 0) is 55.4 Å². The molecule has 0 saturated heterocycles. The molecule has 26 heavy (non-hydrogen) atoms. The van der Waals surface area contributed by atoms with Gasteiger partial charge in [-0.3, -0.25) is 4.90 Å². The molecule has 0 spiro atoms. The molecule has 0 unspecified atom stereocenters. The molecule has 0 bridgehead atoms. The molecule has 2 aromatic rings. The predicted octanol–water partition coefficient (Wildman–Crippen LogP) is 3.39. The van der Waals surface area contributed by atoms with Crippen molar-refractivity contribution in [1.29, 1.82) is 0 Å². The van der Waals surface area contributed by atoms with Gasteiger partial charge in [-0.2, -0.15) is 0 Å². The Morgan fingerprint density at radius 2 is 1.73 bits per heavy atom. The fourth-order valence-corrected chi connectivity index (χ4v) is 4.26. The van der Waals surface area contributed by atoms with E-state index in [2.05, 4.69) is 15.9 Å². The van der Waals surface area contributed by atoms with Gasteiger partial charge in [0.25, 0.3) is 0 Å². The highest BCUT2D eigenvalue weighted by molar-refractivity contribution is 9.10. The van der Waals surface area contributed by atoms with Gasteiger partial charge in [-0.15, -0.1) is 0 Å². The molecule has 0 aliphatic rings. The van der Waals surface area contributed by atoms with Crippen LogP contribution < -0.4 is 0 Å². The van der Waals surface area contributed by atoms with Gasteiger partial charge < -0.3 is 5.11 Å². The number of rotatable bonds is 9. The molecule has 1 N–H and O–H groups in total. The molecule has 0 fully saturated rings. The Hall–Kier alpha value is -1.35. The Kier molecular flexibility index (Phi) is 7.69. The van der Waals surface area contributed by atoms with E-state index in [9.17, 15) is 22.3 Å². The summed E-state index contributed by atoms with van der Waals surface area (Å²) in [5.74, 6) is -0.953. The first-order valence-electron chi connectivity index (χ1n) is 8.07. The average Bonchev–Trinajstić information content (AvgIpc) is 2.58. The monoisotopic (exact) mass is 447 g/mol. The van der Waals surface area contributed by atoms with E-state index in [-0.39, 0.29) is 29.6 Å². The lowest BCUT2D eigenvalue weighted by Gasteiger charge is -2.21. The summed E-state index contributed by atoms with van der Waals surface area (Å²) >= 11 is 3.29. The van der Waals surface area contributed by atoms with Gasteiger partial charge in [0.05, 0.1) is 17.3 Å². The van der Waals surface area contributed by atoms with Crippen molar-refractivity contribution < 1.29 is 22.3 Å². The SMILES string of the molecule is O=S(=O)(CCCN(CCO)Cc1cc(Br)ccc1F)c1ccc(F)cc1. The van der Waals surface area contributed by atoms with E-state index in [4.69, 9.17) is 0 Å². The van der Waals surface area contributed by atoms with Gasteiger partial charge in [0.1, 0.15) is 11.6 Å². The lowest BCUT2D eigenvalue weighted by molar-refractivity contribution is 0.189. The highest BCUT2D eigenvalue weighted by Gasteiger charge is 2.16. The molecule has 0 aliphatic heterocycles. The summed E-state index contributed by atoms with van der Waals surface area (Å²) in [4.78, 5) is 1.87. The summed E-state index contributed by atoms with van der Waals surface area (Å²) in [7, 11) is -3.51. The molecule has 0 atom stereocenters. The van der Waals surface area contributed by atoms with E-state index in [0.29, 0.717) is 25.1 Å². The average molecular weight is 448 g/mol. The van der Waals surface area contributed by atoms with Crippen molar-refractivity contribution in [3.8, 4) is 0 Å². The maximum atomic E-state index is 13.9. The molecule has 142 valence electrons. The minimum atomic E-state index is -3.51. The van der Waals surface area contributed by atoms with Gasteiger partial charge in [0, 0.05) is 23.1 Å². The van der Waals surface area contributed by atoms with Crippen LogP contribution in [0.1, 0.15) is 12.0 Å². The van der Waals surface area contributed by atoms with Crippen LogP contribution in [-0.4, -0.2) is 43.9 Å². The second-order valence-electron chi connectivity index (χ2n) is 5.86. The van der Waals surface area contributed by atoms with E-state index >= 15 is 0 Å². The normalized spacial score (nSPS) is 11.9. The first-order chi connectivity index (χ1) is 12.3. The first kappa shape index (κ1) is 21.0. The van der Waals surface area contributed by atoms with Crippen LogP contribution in [-0.2, 0) is 16.4 Å². The summed E-state index contributed by atoms with van der Waals surface area (Å²) in [6.07, 6.45) is 0.315. The van der Waals surface area contributed by atoms with E-state index in [1.54, 1.807) is 17.0 Å². The van der Waals surface area contributed by atoms with E-state index in [1.807, 2.05) is 0 Å². The molecule has 0 aromatic heterocycles. The molecular weight excluding hydrogens is 428 g/mol. The van der Waals surface area contributed by atoms with Gasteiger partial charge >= 0.3 is 0 Å². The minimum absolute atomic E-state index is 0.0747. The fourth-order valence-electron chi connectivity index (χ4n) is 2.55. The maximum absolute atomic E-state index is 13.9. The number of hydrogen-bond donors (Lipinski definition) is 1. The third kappa shape index (κ3) is 6.12. The van der Waals surface area contributed by atoms with Crippen LogP contribution in [0, 0.1) is 11.6 Å². The van der Waals surface area contributed by atoms with Gasteiger partial charge in [0.15, 0.2) is 9.84 Å². The molecular formula is C18H20BrF2NO3S. The van der Waals surface area contributed by atoms with Crippen molar-refractivity contribution in [3.05, 3.63) is 64.1 Å². The molecule has 0 amide bonds. The Bertz CT molecular complexity index is 829. The number of nitrogens with zero attached hydrogens (tertiary/aromatic N) is 1. The summed E-state index contributed by atoms with van der Waals surface area (Å²) in [6.45, 7) is 0.845. The van der Waals surface area contributed by atoms with Crippen molar-refractivity contribution in [2.45, 2.75) is 17.9 Å². The highest BCUT2D eigenvalue weighted by Crippen LogP contribution is 2.18. The Balaban J connectivity index is 1.97. The zero-order chi connectivity index (χ0) is 19.2. The first-order valence-corrected chi connectivity index (χ1v) is 10.5. The zero-order valence-electron chi connectivity index (χ0n) is 14.0. The molecule has 0 radical (unpaired) electrons. The number of hydrogen-bond acceptors (Lipinski definition) is 4. The smallest absolute Gasteiger partial charge is 0.178 e. The number of benzene rings is 2. The Morgan fingerprint density at radius 3 is 2.38 bits per heavy atom. The van der Waals surface area contributed by atoms with Gasteiger partial charge in [-0.1, -0.05) is 15.9 Å². The summed E-state index contributed by atoms with van der Waals surface area (Å²) < 4.78 is 52.1. The zero-order valence-corrected chi connectivity index (χ0v) is 16.4.